The van der Waals surface area contributed by atoms with E-state index in [0.717, 1.165) is 17.4 Å². The predicted molar refractivity (Wildman–Crippen MR) is 91.8 cm³/mol. The number of nitrogens with one attached hydrogen (secondary N) is 1. The zero-order valence-electron chi connectivity index (χ0n) is 11.7. The van der Waals surface area contributed by atoms with Crippen molar-refractivity contribution in [3.05, 3.63) is 27.7 Å². The summed E-state index contributed by atoms with van der Waals surface area (Å²) in [6, 6.07) is 5.22. The SMILES string of the molecule is Cl.O=C(CN1CCCC(C(=O)O)C1)Nc1ccc(Br)cc1Cl. The quantitative estimate of drug-likeness (QED) is 0.797. The topological polar surface area (TPSA) is 69.6 Å². The molecule has 1 aromatic rings. The molecule has 1 unspecified atom stereocenters. The van der Waals surface area contributed by atoms with E-state index in [0.29, 0.717) is 23.7 Å². The van der Waals surface area contributed by atoms with Crippen molar-refractivity contribution >= 4 is 57.5 Å². The van der Waals surface area contributed by atoms with Gasteiger partial charge in [0, 0.05) is 11.0 Å². The highest BCUT2D eigenvalue weighted by molar-refractivity contribution is 9.10. The molecule has 0 aromatic heterocycles. The van der Waals surface area contributed by atoms with Gasteiger partial charge in [0.25, 0.3) is 0 Å². The lowest BCUT2D eigenvalue weighted by molar-refractivity contribution is -0.144. The van der Waals surface area contributed by atoms with E-state index in [2.05, 4.69) is 21.2 Å². The Morgan fingerprint density at radius 1 is 1.45 bits per heavy atom. The maximum Gasteiger partial charge on any atom is 0.307 e. The van der Waals surface area contributed by atoms with Crippen LogP contribution in [0, 0.1) is 5.92 Å². The Labute approximate surface area is 148 Å². The summed E-state index contributed by atoms with van der Waals surface area (Å²) in [5.74, 6) is -1.37. The van der Waals surface area contributed by atoms with Gasteiger partial charge >= 0.3 is 5.97 Å². The lowest BCUT2D eigenvalue weighted by Gasteiger charge is -2.29. The molecule has 1 atom stereocenters. The Balaban J connectivity index is 0.00000242. The Hall–Kier alpha value is -0.820. The molecular weight excluding hydrogens is 395 g/mol. The Bertz CT molecular complexity index is 557. The van der Waals surface area contributed by atoms with Crippen LogP contribution in [0.1, 0.15) is 12.8 Å². The molecule has 1 aromatic carbocycles. The van der Waals surface area contributed by atoms with Crippen LogP contribution in [-0.4, -0.2) is 41.5 Å². The highest BCUT2D eigenvalue weighted by atomic mass is 79.9. The number of nitrogens with zero attached hydrogens (tertiary/aromatic N) is 1. The molecule has 1 fully saturated rings. The van der Waals surface area contributed by atoms with Crippen molar-refractivity contribution in [3.8, 4) is 0 Å². The third-order valence-electron chi connectivity index (χ3n) is 3.43. The second-order valence-corrected chi connectivity index (χ2v) is 6.41. The molecule has 0 radical (unpaired) electrons. The fourth-order valence-electron chi connectivity index (χ4n) is 2.38. The van der Waals surface area contributed by atoms with E-state index in [1.165, 1.54) is 0 Å². The average Bonchev–Trinajstić information content (AvgIpc) is 2.42. The number of carbonyl (C=O) groups excluding carboxylic acids is 1. The van der Waals surface area contributed by atoms with Crippen molar-refractivity contribution in [3.63, 3.8) is 0 Å². The Kier molecular flexibility index (Phi) is 7.62. The van der Waals surface area contributed by atoms with Crippen molar-refractivity contribution < 1.29 is 14.7 Å². The number of carboxylic acid groups (broad SMARTS) is 1. The number of hydrogen-bond acceptors (Lipinski definition) is 3. The van der Waals surface area contributed by atoms with E-state index in [-0.39, 0.29) is 30.8 Å². The molecule has 1 aliphatic heterocycles. The third-order valence-corrected chi connectivity index (χ3v) is 4.23. The molecular formula is C14H17BrCl2N2O3. The molecule has 8 heteroatoms. The summed E-state index contributed by atoms with van der Waals surface area (Å²) in [5, 5.41) is 12.2. The van der Waals surface area contributed by atoms with Gasteiger partial charge in [0.2, 0.25) is 5.91 Å². The van der Waals surface area contributed by atoms with Gasteiger partial charge in [-0.2, -0.15) is 0 Å². The van der Waals surface area contributed by atoms with Gasteiger partial charge in [0.15, 0.2) is 0 Å². The van der Waals surface area contributed by atoms with Crippen molar-refractivity contribution in [2.24, 2.45) is 5.92 Å². The van der Waals surface area contributed by atoms with Crippen LogP contribution in [0.4, 0.5) is 5.69 Å². The number of hydrogen-bond donors (Lipinski definition) is 2. The van der Waals surface area contributed by atoms with E-state index < -0.39 is 5.97 Å². The van der Waals surface area contributed by atoms with E-state index in [4.69, 9.17) is 16.7 Å². The monoisotopic (exact) mass is 410 g/mol. The summed E-state index contributed by atoms with van der Waals surface area (Å²) >= 11 is 9.35. The van der Waals surface area contributed by atoms with Gasteiger partial charge in [-0.15, -0.1) is 12.4 Å². The van der Waals surface area contributed by atoms with Crippen molar-refractivity contribution in [2.45, 2.75) is 12.8 Å². The Morgan fingerprint density at radius 2 is 2.18 bits per heavy atom. The lowest BCUT2D eigenvalue weighted by atomic mass is 9.98. The van der Waals surface area contributed by atoms with Crippen LogP contribution in [0.2, 0.25) is 5.02 Å². The number of likely N-dealkylation sites (tertiary alicyclic amines) is 1. The molecule has 0 aliphatic carbocycles. The van der Waals surface area contributed by atoms with Crippen LogP contribution in [-0.2, 0) is 9.59 Å². The molecule has 0 saturated carbocycles. The number of rotatable bonds is 4. The summed E-state index contributed by atoms with van der Waals surface area (Å²) in [6.45, 7) is 1.33. The van der Waals surface area contributed by atoms with Crippen LogP contribution in [0.5, 0.6) is 0 Å². The van der Waals surface area contributed by atoms with Crippen LogP contribution < -0.4 is 5.32 Å². The number of aliphatic carboxylic acids is 1. The molecule has 5 nitrogen and oxygen atoms in total. The number of halogens is 3. The number of benzene rings is 1. The molecule has 0 bridgehead atoms. The molecule has 1 aliphatic rings. The first kappa shape index (κ1) is 19.2. The molecule has 122 valence electrons. The first-order chi connectivity index (χ1) is 9.95. The molecule has 1 amide bonds. The third kappa shape index (κ3) is 5.43. The van der Waals surface area contributed by atoms with E-state index in [9.17, 15) is 9.59 Å². The minimum absolute atomic E-state index is 0. The van der Waals surface area contributed by atoms with Crippen LogP contribution in [0.3, 0.4) is 0 Å². The van der Waals surface area contributed by atoms with E-state index >= 15 is 0 Å². The van der Waals surface area contributed by atoms with Gasteiger partial charge in [-0.1, -0.05) is 27.5 Å². The van der Waals surface area contributed by atoms with Crippen molar-refractivity contribution in [2.75, 3.05) is 25.0 Å². The minimum atomic E-state index is -0.795. The van der Waals surface area contributed by atoms with E-state index in [1.807, 2.05) is 4.90 Å². The second-order valence-electron chi connectivity index (χ2n) is 5.08. The first-order valence-electron chi connectivity index (χ1n) is 6.66. The normalized spacial score (nSPS) is 18.4. The van der Waals surface area contributed by atoms with Gasteiger partial charge in [-0.05, 0) is 37.6 Å². The van der Waals surface area contributed by atoms with Crippen LogP contribution in [0.25, 0.3) is 0 Å². The maximum absolute atomic E-state index is 12.0. The minimum Gasteiger partial charge on any atom is -0.481 e. The number of piperidine rings is 1. The molecule has 1 heterocycles. The number of carbonyl (C=O) groups is 2. The van der Waals surface area contributed by atoms with Gasteiger partial charge in [0.1, 0.15) is 0 Å². The van der Waals surface area contributed by atoms with Gasteiger partial charge in [0.05, 0.1) is 23.2 Å². The maximum atomic E-state index is 12.0. The van der Waals surface area contributed by atoms with Gasteiger partial charge in [-0.25, -0.2) is 0 Å². The summed E-state index contributed by atoms with van der Waals surface area (Å²) in [6.07, 6.45) is 1.47. The molecule has 22 heavy (non-hydrogen) atoms. The number of anilines is 1. The number of carboxylic acids is 1. The first-order valence-corrected chi connectivity index (χ1v) is 7.83. The average molecular weight is 412 g/mol. The number of amides is 1. The van der Waals surface area contributed by atoms with Crippen LogP contribution >= 0.6 is 39.9 Å². The summed E-state index contributed by atoms with van der Waals surface area (Å²) in [4.78, 5) is 24.9. The fraction of sp³-hybridized carbons (Fsp3) is 0.429. The highest BCUT2D eigenvalue weighted by Crippen LogP contribution is 2.25. The summed E-state index contributed by atoms with van der Waals surface area (Å²) in [5.41, 5.74) is 0.552. The van der Waals surface area contributed by atoms with Crippen molar-refractivity contribution in [1.82, 2.24) is 4.90 Å². The summed E-state index contributed by atoms with van der Waals surface area (Å²) < 4.78 is 0.839. The fourth-order valence-corrected chi connectivity index (χ4v) is 3.11. The molecule has 0 spiro atoms. The van der Waals surface area contributed by atoms with Crippen molar-refractivity contribution in [1.29, 1.82) is 0 Å². The largest absolute Gasteiger partial charge is 0.481 e. The van der Waals surface area contributed by atoms with E-state index in [1.54, 1.807) is 18.2 Å². The van der Waals surface area contributed by atoms with Crippen LogP contribution in [0.15, 0.2) is 22.7 Å². The highest BCUT2D eigenvalue weighted by Gasteiger charge is 2.26. The summed E-state index contributed by atoms with van der Waals surface area (Å²) in [7, 11) is 0. The smallest absolute Gasteiger partial charge is 0.307 e. The zero-order valence-corrected chi connectivity index (χ0v) is 14.9. The Morgan fingerprint density at radius 3 is 2.82 bits per heavy atom. The molecule has 1 saturated heterocycles. The molecule has 2 N–H and O–H groups in total. The zero-order chi connectivity index (χ0) is 15.4. The van der Waals surface area contributed by atoms with Gasteiger partial charge in [-0.3, -0.25) is 14.5 Å². The standard InChI is InChI=1S/C14H16BrClN2O3.ClH/c15-10-3-4-12(11(16)6-10)17-13(19)8-18-5-1-2-9(7-18)14(20)21;/h3-4,6,9H,1-2,5,7-8H2,(H,17,19)(H,20,21);1H. The second kappa shape index (κ2) is 8.72. The molecule has 2 rings (SSSR count). The lowest BCUT2D eigenvalue weighted by Crippen LogP contribution is -2.42. The predicted octanol–water partition coefficient (Wildman–Crippen LogP) is 3.26. The van der Waals surface area contributed by atoms with Gasteiger partial charge < -0.3 is 10.4 Å².